The van der Waals surface area contributed by atoms with Gasteiger partial charge in [0.05, 0.1) is 0 Å². The zero-order chi connectivity index (χ0) is 19.1. The summed E-state index contributed by atoms with van der Waals surface area (Å²) in [7, 11) is 0. The minimum Gasteiger partial charge on any atom is -0.455 e. The number of hydrogen-bond acceptors (Lipinski definition) is 3. The normalized spacial score (nSPS) is 10.4. The Balaban J connectivity index is 1.68. The number of nitrogens with one attached hydrogen (secondary N) is 1. The van der Waals surface area contributed by atoms with E-state index in [9.17, 15) is 9.59 Å². The number of halogens is 1. The van der Waals surface area contributed by atoms with E-state index in [-0.39, 0.29) is 6.61 Å². The number of anilines is 1. The fourth-order valence-electron chi connectivity index (χ4n) is 2.71. The second-order valence-electron chi connectivity index (χ2n) is 5.92. The van der Waals surface area contributed by atoms with Crippen LogP contribution in [0.1, 0.15) is 17.0 Å². The standard InChI is InChI=1S/C22H18ClNO3/c23-18-11-13-19(14-12-18)24-20(25)15-27-22(26)21(16-7-3-1-4-8-16)17-9-5-2-6-10-17/h1-14,21H,15H2,(H,24,25). The highest BCUT2D eigenvalue weighted by Crippen LogP contribution is 2.26. The fraction of sp³-hybridized carbons (Fsp3) is 0.0909. The van der Waals surface area contributed by atoms with Crippen molar-refractivity contribution in [1.82, 2.24) is 0 Å². The second-order valence-corrected chi connectivity index (χ2v) is 6.35. The Morgan fingerprint density at radius 2 is 1.33 bits per heavy atom. The molecular weight excluding hydrogens is 362 g/mol. The molecule has 0 aliphatic carbocycles. The molecule has 3 aromatic carbocycles. The van der Waals surface area contributed by atoms with Gasteiger partial charge in [-0.2, -0.15) is 0 Å². The first-order valence-corrected chi connectivity index (χ1v) is 8.83. The van der Waals surface area contributed by atoms with E-state index < -0.39 is 17.8 Å². The molecule has 3 aromatic rings. The number of benzene rings is 3. The van der Waals surface area contributed by atoms with Crippen molar-refractivity contribution in [2.24, 2.45) is 0 Å². The van der Waals surface area contributed by atoms with Crippen LogP contribution in [0.5, 0.6) is 0 Å². The van der Waals surface area contributed by atoms with Crippen molar-refractivity contribution in [2.45, 2.75) is 5.92 Å². The maximum Gasteiger partial charge on any atom is 0.318 e. The Bertz CT molecular complexity index is 856. The molecule has 0 spiro atoms. The molecule has 0 aliphatic heterocycles. The summed E-state index contributed by atoms with van der Waals surface area (Å²) >= 11 is 5.82. The molecular formula is C22H18ClNO3. The van der Waals surface area contributed by atoms with Gasteiger partial charge in [-0.25, -0.2) is 0 Å². The summed E-state index contributed by atoms with van der Waals surface area (Å²) in [5.74, 6) is -1.47. The third-order valence-corrected chi connectivity index (χ3v) is 4.23. The summed E-state index contributed by atoms with van der Waals surface area (Å²) in [5, 5.41) is 3.25. The number of carbonyl (C=O) groups is 2. The minimum atomic E-state index is -0.587. The molecule has 0 aromatic heterocycles. The molecule has 0 saturated heterocycles. The van der Waals surface area contributed by atoms with E-state index in [1.807, 2.05) is 60.7 Å². The van der Waals surface area contributed by atoms with Crippen molar-refractivity contribution >= 4 is 29.2 Å². The second kappa shape index (κ2) is 9.01. The molecule has 0 radical (unpaired) electrons. The number of hydrogen-bond donors (Lipinski definition) is 1. The molecule has 0 fully saturated rings. The van der Waals surface area contributed by atoms with Gasteiger partial charge in [-0.15, -0.1) is 0 Å². The maximum atomic E-state index is 12.7. The van der Waals surface area contributed by atoms with Gasteiger partial charge >= 0.3 is 5.97 Å². The van der Waals surface area contributed by atoms with Crippen LogP contribution in [0.15, 0.2) is 84.9 Å². The van der Waals surface area contributed by atoms with Crippen LogP contribution in [-0.2, 0) is 14.3 Å². The van der Waals surface area contributed by atoms with Gasteiger partial charge in [0.25, 0.3) is 5.91 Å². The lowest BCUT2D eigenvalue weighted by Crippen LogP contribution is -2.24. The highest BCUT2D eigenvalue weighted by molar-refractivity contribution is 6.30. The van der Waals surface area contributed by atoms with E-state index in [0.717, 1.165) is 11.1 Å². The van der Waals surface area contributed by atoms with Crippen LogP contribution < -0.4 is 5.32 Å². The predicted molar refractivity (Wildman–Crippen MR) is 106 cm³/mol. The van der Waals surface area contributed by atoms with Crippen molar-refractivity contribution in [2.75, 3.05) is 11.9 Å². The Morgan fingerprint density at radius 3 is 1.85 bits per heavy atom. The van der Waals surface area contributed by atoms with Gasteiger partial charge in [-0.05, 0) is 35.4 Å². The molecule has 0 bridgehead atoms. The average molecular weight is 380 g/mol. The third-order valence-electron chi connectivity index (χ3n) is 3.98. The lowest BCUT2D eigenvalue weighted by Gasteiger charge is -2.17. The number of rotatable bonds is 6. The third kappa shape index (κ3) is 5.19. The summed E-state index contributed by atoms with van der Waals surface area (Å²) in [6.45, 7) is -0.363. The fourth-order valence-corrected chi connectivity index (χ4v) is 2.83. The van der Waals surface area contributed by atoms with Gasteiger partial charge in [-0.3, -0.25) is 9.59 Å². The molecule has 4 nitrogen and oxygen atoms in total. The monoisotopic (exact) mass is 379 g/mol. The highest BCUT2D eigenvalue weighted by Gasteiger charge is 2.24. The number of ether oxygens (including phenoxy) is 1. The number of carbonyl (C=O) groups excluding carboxylic acids is 2. The van der Waals surface area contributed by atoms with Crippen molar-refractivity contribution in [1.29, 1.82) is 0 Å². The van der Waals surface area contributed by atoms with Gasteiger partial charge in [0, 0.05) is 10.7 Å². The van der Waals surface area contributed by atoms with E-state index in [1.165, 1.54) is 0 Å². The van der Waals surface area contributed by atoms with Crippen LogP contribution in [0.25, 0.3) is 0 Å². The lowest BCUT2D eigenvalue weighted by molar-refractivity contribution is -0.147. The van der Waals surface area contributed by atoms with Crippen LogP contribution in [0.3, 0.4) is 0 Å². The van der Waals surface area contributed by atoms with Crippen LogP contribution in [-0.4, -0.2) is 18.5 Å². The summed E-state index contributed by atoms with van der Waals surface area (Å²) in [5.41, 5.74) is 2.21. The largest absolute Gasteiger partial charge is 0.455 e. The number of amides is 1. The molecule has 0 aliphatic rings. The molecule has 1 amide bonds. The zero-order valence-electron chi connectivity index (χ0n) is 14.5. The van der Waals surface area contributed by atoms with Crippen LogP contribution in [0.4, 0.5) is 5.69 Å². The van der Waals surface area contributed by atoms with Gasteiger partial charge < -0.3 is 10.1 Å². The molecule has 0 unspecified atom stereocenters. The summed E-state index contributed by atoms with van der Waals surface area (Å²) in [6.07, 6.45) is 0. The molecule has 1 N–H and O–H groups in total. The maximum absolute atomic E-state index is 12.7. The predicted octanol–water partition coefficient (Wildman–Crippen LogP) is 4.65. The van der Waals surface area contributed by atoms with Crippen molar-refractivity contribution in [3.8, 4) is 0 Å². The SMILES string of the molecule is O=C(COC(=O)C(c1ccccc1)c1ccccc1)Nc1ccc(Cl)cc1. The molecule has 136 valence electrons. The molecule has 0 atom stereocenters. The summed E-state index contributed by atoms with van der Waals surface area (Å²) < 4.78 is 5.29. The first-order chi connectivity index (χ1) is 13.1. The first kappa shape index (κ1) is 18.7. The first-order valence-electron chi connectivity index (χ1n) is 8.45. The van der Waals surface area contributed by atoms with E-state index in [2.05, 4.69) is 5.32 Å². The van der Waals surface area contributed by atoms with Gasteiger partial charge in [0.1, 0.15) is 5.92 Å². The smallest absolute Gasteiger partial charge is 0.318 e. The van der Waals surface area contributed by atoms with Crippen molar-refractivity contribution in [3.63, 3.8) is 0 Å². The minimum absolute atomic E-state index is 0.363. The molecule has 3 rings (SSSR count). The average Bonchev–Trinajstić information content (AvgIpc) is 2.70. The van der Waals surface area contributed by atoms with Crippen molar-refractivity contribution < 1.29 is 14.3 Å². The van der Waals surface area contributed by atoms with E-state index >= 15 is 0 Å². The summed E-state index contributed by atoms with van der Waals surface area (Å²) in [4.78, 5) is 24.8. The quantitative estimate of drug-likeness (QED) is 0.634. The Kier molecular flexibility index (Phi) is 6.23. The van der Waals surface area contributed by atoms with Gasteiger partial charge in [0.15, 0.2) is 6.61 Å². The highest BCUT2D eigenvalue weighted by atomic mass is 35.5. The summed E-state index contributed by atoms with van der Waals surface area (Å²) in [6, 6.07) is 25.4. The van der Waals surface area contributed by atoms with Crippen LogP contribution >= 0.6 is 11.6 Å². The molecule has 27 heavy (non-hydrogen) atoms. The van der Waals surface area contributed by atoms with Crippen LogP contribution in [0, 0.1) is 0 Å². The topological polar surface area (TPSA) is 55.4 Å². The zero-order valence-corrected chi connectivity index (χ0v) is 15.2. The van der Waals surface area contributed by atoms with E-state index in [4.69, 9.17) is 16.3 Å². The Labute approximate surface area is 162 Å². The van der Waals surface area contributed by atoms with E-state index in [0.29, 0.717) is 10.7 Å². The molecule has 5 heteroatoms. The van der Waals surface area contributed by atoms with Crippen LogP contribution in [0.2, 0.25) is 5.02 Å². The van der Waals surface area contributed by atoms with Gasteiger partial charge in [0.2, 0.25) is 0 Å². The Hall–Kier alpha value is -3.11. The Morgan fingerprint density at radius 1 is 0.815 bits per heavy atom. The van der Waals surface area contributed by atoms with E-state index in [1.54, 1.807) is 24.3 Å². The molecule has 0 heterocycles. The number of esters is 1. The van der Waals surface area contributed by atoms with Crippen molar-refractivity contribution in [3.05, 3.63) is 101 Å². The molecule has 0 saturated carbocycles. The lowest BCUT2D eigenvalue weighted by atomic mass is 9.91. The van der Waals surface area contributed by atoms with Gasteiger partial charge in [-0.1, -0.05) is 72.3 Å².